The molecule has 0 saturated carbocycles. The molecular weight excluding hydrogens is 602 g/mol. The summed E-state index contributed by atoms with van der Waals surface area (Å²) in [6, 6.07) is 7.22. The molecular formula is C36H55N3O8. The zero-order chi connectivity index (χ0) is 34.6. The highest BCUT2D eigenvalue weighted by atomic mass is 16.6. The molecule has 0 aromatic heterocycles. The van der Waals surface area contributed by atoms with Crippen LogP contribution in [0.2, 0.25) is 0 Å². The zero-order valence-corrected chi connectivity index (χ0v) is 29.7. The molecule has 1 aromatic carbocycles. The van der Waals surface area contributed by atoms with Gasteiger partial charge in [-0.25, -0.2) is 19.3 Å². The molecule has 0 aliphatic carbocycles. The van der Waals surface area contributed by atoms with E-state index < -0.39 is 35.4 Å². The van der Waals surface area contributed by atoms with E-state index in [9.17, 15) is 14.4 Å². The van der Waals surface area contributed by atoms with Crippen molar-refractivity contribution >= 4 is 24.1 Å². The Balaban J connectivity index is 1.62. The van der Waals surface area contributed by atoms with Crippen molar-refractivity contribution in [2.75, 3.05) is 27.4 Å². The van der Waals surface area contributed by atoms with E-state index in [-0.39, 0.29) is 5.96 Å². The van der Waals surface area contributed by atoms with E-state index in [1.807, 2.05) is 24.3 Å². The quantitative estimate of drug-likeness (QED) is 0.112. The molecule has 0 bridgehead atoms. The molecule has 11 heteroatoms. The minimum atomic E-state index is -0.807. The van der Waals surface area contributed by atoms with Gasteiger partial charge in [0.1, 0.15) is 17.0 Å². The third kappa shape index (κ3) is 11.9. The smallest absolute Gasteiger partial charge is 0.437 e. The van der Waals surface area contributed by atoms with Crippen LogP contribution < -0.4 is 4.74 Å². The second kappa shape index (κ2) is 17.5. The van der Waals surface area contributed by atoms with Crippen LogP contribution in [0.3, 0.4) is 0 Å². The lowest BCUT2D eigenvalue weighted by atomic mass is 9.94. The summed E-state index contributed by atoms with van der Waals surface area (Å²) in [6.07, 6.45) is 7.39. The lowest BCUT2D eigenvalue weighted by Crippen LogP contribution is -2.58. The van der Waals surface area contributed by atoms with Crippen LogP contribution in [0.15, 0.2) is 40.5 Å². The molecule has 1 fully saturated rings. The molecule has 0 radical (unpaired) electrons. The van der Waals surface area contributed by atoms with Crippen LogP contribution in [0.4, 0.5) is 9.59 Å². The summed E-state index contributed by atoms with van der Waals surface area (Å²) in [5.74, 6) is 0.481. The normalized spacial score (nSPS) is 17.5. The van der Waals surface area contributed by atoms with E-state index in [2.05, 4.69) is 4.99 Å². The molecule has 1 aromatic rings. The number of ether oxygens (including phenoxy) is 5. The fourth-order valence-corrected chi connectivity index (χ4v) is 5.74. The Morgan fingerprint density at radius 1 is 0.851 bits per heavy atom. The Hall–Kier alpha value is -3.60. The number of aliphatic imine (C=N–C) groups is 1. The number of nitrogens with zero attached hydrogens (tertiary/aromatic N) is 3. The molecule has 3 rings (SSSR count). The summed E-state index contributed by atoms with van der Waals surface area (Å²) in [4.78, 5) is 47.4. The summed E-state index contributed by atoms with van der Waals surface area (Å²) in [6.45, 7) is 12.4. The molecule has 0 spiro atoms. The number of rotatable bonds is 14. The second-order valence-electron chi connectivity index (χ2n) is 14.0. The van der Waals surface area contributed by atoms with Gasteiger partial charge in [-0.2, -0.15) is 0 Å². The fraction of sp³-hybridized carbons (Fsp3) is 0.667. The number of unbranched alkanes of at least 4 members (excludes halogenated alkanes) is 6. The molecule has 2 aliphatic rings. The maximum absolute atomic E-state index is 13.8. The molecule has 2 amide bonds. The molecule has 2 heterocycles. The van der Waals surface area contributed by atoms with Gasteiger partial charge in [0.2, 0.25) is 5.96 Å². The lowest BCUT2D eigenvalue weighted by molar-refractivity contribution is -0.137. The first kappa shape index (κ1) is 37.9. The number of amides is 2. The van der Waals surface area contributed by atoms with Crippen molar-refractivity contribution in [1.29, 1.82) is 0 Å². The summed E-state index contributed by atoms with van der Waals surface area (Å²) in [5.41, 5.74) is 0.715. The molecule has 0 N–H and O–H groups in total. The number of benzene rings is 1. The van der Waals surface area contributed by atoms with Gasteiger partial charge in [0.25, 0.3) is 0 Å². The topological polar surface area (TPSA) is 116 Å². The third-order valence-electron chi connectivity index (χ3n) is 7.81. The first-order valence-corrected chi connectivity index (χ1v) is 16.9. The fourth-order valence-electron chi connectivity index (χ4n) is 5.74. The largest absolute Gasteiger partial charge is 0.497 e. The van der Waals surface area contributed by atoms with E-state index in [4.69, 9.17) is 23.7 Å². The number of esters is 1. The van der Waals surface area contributed by atoms with Crippen LogP contribution in [0, 0.1) is 0 Å². The standard InChI is InChI=1S/C36H55N3O8/c1-35(2,3)46-33(41)37-32-38-23-16-18-28(38)30(31(40)44-8)29(39(32)34(42)47-36(4,5)6)17-14-12-10-9-11-13-15-24-45-25-26-19-21-27(43-7)22-20-26/h19-22,29H,9-18,23-25H2,1-8H3/b37-32+/t29-/m1/s1. The zero-order valence-electron chi connectivity index (χ0n) is 29.7. The van der Waals surface area contributed by atoms with E-state index in [1.54, 1.807) is 53.6 Å². The minimum Gasteiger partial charge on any atom is -0.497 e. The first-order chi connectivity index (χ1) is 22.2. The summed E-state index contributed by atoms with van der Waals surface area (Å²) in [7, 11) is 3.00. The summed E-state index contributed by atoms with van der Waals surface area (Å²) >= 11 is 0. The van der Waals surface area contributed by atoms with Crippen molar-refractivity contribution in [3.63, 3.8) is 0 Å². The van der Waals surface area contributed by atoms with E-state index in [0.29, 0.717) is 31.6 Å². The molecule has 0 unspecified atom stereocenters. The number of carbonyl (C=O) groups excluding carboxylic acids is 3. The molecule has 1 saturated heterocycles. The molecule has 11 nitrogen and oxygen atoms in total. The number of carbonyl (C=O) groups is 3. The highest BCUT2D eigenvalue weighted by Gasteiger charge is 2.47. The average Bonchev–Trinajstić information content (AvgIpc) is 3.47. The summed E-state index contributed by atoms with van der Waals surface area (Å²) in [5, 5.41) is 0. The lowest BCUT2D eigenvalue weighted by Gasteiger charge is -2.42. The van der Waals surface area contributed by atoms with Crippen molar-refractivity contribution in [3.8, 4) is 5.75 Å². The van der Waals surface area contributed by atoms with Gasteiger partial charge in [-0.15, -0.1) is 4.99 Å². The summed E-state index contributed by atoms with van der Waals surface area (Å²) < 4.78 is 27.5. The van der Waals surface area contributed by atoms with Crippen molar-refractivity contribution in [1.82, 2.24) is 9.80 Å². The van der Waals surface area contributed by atoms with Gasteiger partial charge in [-0.3, -0.25) is 0 Å². The van der Waals surface area contributed by atoms with Crippen LogP contribution in [0.5, 0.6) is 5.75 Å². The van der Waals surface area contributed by atoms with Crippen LogP contribution in [-0.2, 0) is 30.3 Å². The number of fused-ring (bicyclic) bond motifs is 1. The molecule has 2 aliphatic heterocycles. The first-order valence-electron chi connectivity index (χ1n) is 16.9. The number of hydrogen-bond acceptors (Lipinski definition) is 8. The highest BCUT2D eigenvalue weighted by molar-refractivity contribution is 6.05. The predicted molar refractivity (Wildman–Crippen MR) is 180 cm³/mol. The maximum Gasteiger partial charge on any atom is 0.437 e. The van der Waals surface area contributed by atoms with Gasteiger partial charge in [0.15, 0.2) is 0 Å². The van der Waals surface area contributed by atoms with E-state index in [1.165, 1.54) is 12.0 Å². The van der Waals surface area contributed by atoms with Crippen LogP contribution in [-0.4, -0.2) is 78.5 Å². The Morgan fingerprint density at radius 2 is 1.47 bits per heavy atom. The number of methoxy groups -OCH3 is 2. The molecule has 262 valence electrons. The number of allylic oxidation sites excluding steroid dienone is 1. The molecule has 47 heavy (non-hydrogen) atoms. The van der Waals surface area contributed by atoms with Gasteiger partial charge in [-0.05, 0) is 84.9 Å². The van der Waals surface area contributed by atoms with Gasteiger partial charge >= 0.3 is 18.2 Å². The van der Waals surface area contributed by atoms with Gasteiger partial charge in [-0.1, -0.05) is 50.7 Å². The monoisotopic (exact) mass is 657 g/mol. The van der Waals surface area contributed by atoms with Crippen molar-refractivity contribution in [3.05, 3.63) is 41.1 Å². The van der Waals surface area contributed by atoms with Gasteiger partial charge in [0, 0.05) is 18.8 Å². The van der Waals surface area contributed by atoms with Crippen molar-refractivity contribution in [2.45, 2.75) is 130 Å². The molecule has 1 atom stereocenters. The second-order valence-corrected chi connectivity index (χ2v) is 14.0. The highest BCUT2D eigenvalue weighted by Crippen LogP contribution is 2.37. The van der Waals surface area contributed by atoms with Crippen LogP contribution in [0.25, 0.3) is 0 Å². The number of guanidine groups is 1. The van der Waals surface area contributed by atoms with E-state index in [0.717, 1.165) is 75.0 Å². The predicted octanol–water partition coefficient (Wildman–Crippen LogP) is 7.77. The van der Waals surface area contributed by atoms with Crippen molar-refractivity contribution in [2.24, 2.45) is 4.99 Å². The Bertz CT molecular complexity index is 1260. The maximum atomic E-state index is 13.8. The minimum absolute atomic E-state index is 0.132. The Morgan fingerprint density at radius 3 is 2.06 bits per heavy atom. The average molecular weight is 658 g/mol. The van der Waals surface area contributed by atoms with Crippen LogP contribution >= 0.6 is 0 Å². The van der Waals surface area contributed by atoms with Crippen molar-refractivity contribution < 1.29 is 38.1 Å². The van der Waals surface area contributed by atoms with Gasteiger partial charge in [0.05, 0.1) is 32.4 Å². The Kier molecular flexibility index (Phi) is 14.1. The number of hydrogen-bond donors (Lipinski definition) is 0. The van der Waals surface area contributed by atoms with Gasteiger partial charge < -0.3 is 28.6 Å². The third-order valence-corrected chi connectivity index (χ3v) is 7.81. The SMILES string of the molecule is COC(=O)C1=C2CCCN2/C(=N\C(=O)OC(C)(C)C)N(C(=O)OC(C)(C)C)[C@@H]1CCCCCCCCCOCc1ccc(OC)cc1. The van der Waals surface area contributed by atoms with E-state index >= 15 is 0 Å². The van der Waals surface area contributed by atoms with Crippen LogP contribution in [0.1, 0.15) is 111 Å². The Labute approximate surface area is 280 Å².